The molecule has 0 amide bonds. The van der Waals surface area contributed by atoms with E-state index in [1.807, 2.05) is 0 Å². The molecule has 87 heavy (non-hydrogen) atoms. The monoisotopic (exact) mass is 1230 g/mol. The van der Waals surface area contributed by atoms with E-state index in [1.165, 1.54) is 337 Å². The Kier molecular flexibility index (Phi) is 40.3. The van der Waals surface area contributed by atoms with Crippen molar-refractivity contribution in [3.05, 3.63) is 143 Å². The van der Waals surface area contributed by atoms with Gasteiger partial charge >= 0.3 is 0 Å². The molecule has 0 aliphatic rings. The number of rotatable bonds is 53. The van der Waals surface area contributed by atoms with E-state index in [0.29, 0.717) is 0 Å². The third kappa shape index (κ3) is 28.2. The molecular weight excluding hydrogens is 1100 g/mol. The molecule has 5 aromatic carbocycles. The Balaban J connectivity index is 1.66. The minimum Gasteiger partial charge on any atom is -0.313 e. The molecule has 5 aromatic rings. The Hall–Kier alpha value is -3.02. The Labute approximate surface area is 543 Å². The number of unbranched alkanes of at least 4 members (excludes halogenated alkanes) is 31. The highest BCUT2D eigenvalue weighted by Crippen LogP contribution is 2.57. The molecular formula is C83H133NP2Si. The van der Waals surface area contributed by atoms with E-state index in [0.717, 1.165) is 0 Å². The van der Waals surface area contributed by atoms with Crippen LogP contribution in [-0.2, 0) is 25.7 Å². The predicted octanol–water partition coefficient (Wildman–Crippen LogP) is 25.7. The average molecular weight is 1240 g/mol. The van der Waals surface area contributed by atoms with Gasteiger partial charge in [-0.1, -0.05) is 393 Å². The highest BCUT2D eigenvalue weighted by Gasteiger charge is 2.37. The van der Waals surface area contributed by atoms with Gasteiger partial charge in [0, 0.05) is 26.9 Å². The molecule has 0 aliphatic carbocycles. The summed E-state index contributed by atoms with van der Waals surface area (Å²) in [5.74, 6) is 0. The van der Waals surface area contributed by atoms with Crippen LogP contribution >= 0.6 is 16.1 Å². The second-order valence-corrected chi connectivity index (χ2v) is 36.1. The minimum absolute atomic E-state index is 1.01. The Morgan fingerprint density at radius 3 is 0.724 bits per heavy atom. The molecule has 5 rings (SSSR count). The van der Waals surface area contributed by atoms with Crippen LogP contribution in [0.15, 0.2) is 115 Å². The maximum Gasteiger partial charge on any atom is 0.0870 e. The van der Waals surface area contributed by atoms with Crippen molar-refractivity contribution >= 4 is 56.3 Å². The fourth-order valence-electron chi connectivity index (χ4n) is 13.8. The van der Waals surface area contributed by atoms with Gasteiger partial charge in [0.15, 0.2) is 0 Å². The third-order valence-corrected chi connectivity index (χ3v) is 30.5. The number of aryl methyl sites for hydroxylation is 5. The maximum absolute atomic E-state index is 3.05. The van der Waals surface area contributed by atoms with Gasteiger partial charge in [0.1, 0.15) is 0 Å². The quantitative estimate of drug-likeness (QED) is 0.0213. The summed E-state index contributed by atoms with van der Waals surface area (Å²) in [6.07, 6.45) is 56.3. The van der Waals surface area contributed by atoms with Crippen molar-refractivity contribution in [3.8, 4) is 0 Å². The first-order valence-corrected chi connectivity index (χ1v) is 42.9. The van der Waals surface area contributed by atoms with Gasteiger partial charge in [-0.05, 0) is 98.2 Å². The lowest BCUT2D eigenvalue weighted by Crippen LogP contribution is -2.49. The van der Waals surface area contributed by atoms with E-state index in [9.17, 15) is 0 Å². The minimum atomic E-state index is -1.78. The summed E-state index contributed by atoms with van der Waals surface area (Å²) in [7, 11) is -3.81. The number of hydrogen-bond acceptors (Lipinski definition) is 1. The Morgan fingerprint density at radius 2 is 0.494 bits per heavy atom. The molecule has 0 bridgehead atoms. The molecule has 484 valence electrons. The van der Waals surface area contributed by atoms with Gasteiger partial charge < -0.3 is 4.44 Å². The van der Waals surface area contributed by atoms with E-state index >= 15 is 0 Å². The second-order valence-electron chi connectivity index (χ2n) is 27.1. The summed E-state index contributed by atoms with van der Waals surface area (Å²) in [5.41, 5.74) is 8.97. The zero-order valence-corrected chi connectivity index (χ0v) is 60.9. The number of hydrogen-bond donors (Lipinski definition) is 0. The zero-order chi connectivity index (χ0) is 61.8. The van der Waals surface area contributed by atoms with Crippen molar-refractivity contribution in [1.82, 2.24) is 0 Å². The van der Waals surface area contributed by atoms with Crippen LogP contribution in [0.4, 0.5) is 5.69 Å². The molecule has 0 atom stereocenters. The van der Waals surface area contributed by atoms with Crippen LogP contribution in [0, 0.1) is 6.92 Å². The largest absolute Gasteiger partial charge is 0.313 e. The lowest BCUT2D eigenvalue weighted by molar-refractivity contribution is 0.575. The van der Waals surface area contributed by atoms with Gasteiger partial charge in [-0.2, -0.15) is 0 Å². The van der Waals surface area contributed by atoms with Crippen molar-refractivity contribution < 1.29 is 0 Å². The van der Waals surface area contributed by atoms with Crippen LogP contribution in [0.2, 0.25) is 18.1 Å². The number of benzene rings is 5. The summed E-state index contributed by atoms with van der Waals surface area (Å²) in [5, 5.41) is 7.67. The van der Waals surface area contributed by atoms with E-state index in [4.69, 9.17) is 0 Å². The molecule has 0 saturated heterocycles. The Morgan fingerprint density at radius 1 is 0.264 bits per heavy atom. The molecule has 0 N–H and O–H groups in total. The standard InChI is InChI=1S/C83H133NP2Si/c1-9-16-23-27-31-35-39-43-47-74-51-60-79(61-52-74)85(80-62-53-75(54-63-80)48-44-40-36-32-28-24-17-10-2)84(78-59-68-83(73(8)72-78)87(69-20-13-5,70-21-14-6)71-22-15-7)86(81-64-55-76(56-65-81)49-45-41-37-33-29-25-18-11-3)82-66-57-77(58-67-82)50-46-42-38-34-30-26-19-12-4/h51-68,72H,9-50,69-71H2,1-8H3. The van der Waals surface area contributed by atoms with Gasteiger partial charge in [-0.15, -0.1) is 0 Å². The number of anilines is 1. The number of nitrogens with zero attached hydrogens (tertiary/aromatic N) is 1. The molecule has 0 heterocycles. The van der Waals surface area contributed by atoms with Gasteiger partial charge in [0.25, 0.3) is 0 Å². The van der Waals surface area contributed by atoms with E-state index in [-0.39, 0.29) is 0 Å². The van der Waals surface area contributed by atoms with Crippen LogP contribution in [0.5, 0.6) is 0 Å². The predicted molar refractivity (Wildman–Crippen MR) is 402 cm³/mol. The first-order chi connectivity index (χ1) is 42.8. The van der Waals surface area contributed by atoms with Crippen LogP contribution in [0.25, 0.3) is 0 Å². The summed E-state index contributed by atoms with van der Waals surface area (Å²) in [4.78, 5) is 0. The maximum atomic E-state index is 3.05. The lowest BCUT2D eigenvalue weighted by Gasteiger charge is -2.42. The molecule has 1 nitrogen and oxygen atoms in total. The molecule has 4 heteroatoms. The van der Waals surface area contributed by atoms with Crippen LogP contribution in [0.1, 0.15) is 320 Å². The molecule has 0 unspecified atom stereocenters. The van der Waals surface area contributed by atoms with Crippen molar-refractivity contribution in [2.45, 2.75) is 343 Å². The third-order valence-electron chi connectivity index (χ3n) is 19.4. The highest BCUT2D eigenvalue weighted by atomic mass is 31.2. The van der Waals surface area contributed by atoms with Gasteiger partial charge in [0.2, 0.25) is 0 Å². The van der Waals surface area contributed by atoms with Crippen molar-refractivity contribution in [2.24, 2.45) is 0 Å². The average Bonchev–Trinajstić information content (AvgIpc) is 0.990. The summed E-state index contributed by atoms with van der Waals surface area (Å²) >= 11 is 0. The Bertz CT molecular complexity index is 2150. The second kappa shape index (κ2) is 47.0. The van der Waals surface area contributed by atoms with E-state index in [2.05, 4.69) is 175 Å². The van der Waals surface area contributed by atoms with Crippen molar-refractivity contribution in [2.75, 3.05) is 4.44 Å². The van der Waals surface area contributed by atoms with Crippen LogP contribution in [0.3, 0.4) is 0 Å². The van der Waals surface area contributed by atoms with E-state index in [1.54, 1.807) is 10.8 Å². The topological polar surface area (TPSA) is 3.24 Å². The highest BCUT2D eigenvalue weighted by molar-refractivity contribution is 7.90. The van der Waals surface area contributed by atoms with Crippen molar-refractivity contribution in [3.63, 3.8) is 0 Å². The first kappa shape index (κ1) is 74.7. The lowest BCUT2D eigenvalue weighted by atomic mass is 10.0. The molecule has 0 saturated carbocycles. The molecule has 0 fully saturated rings. The first-order valence-electron chi connectivity index (χ1n) is 37.7. The summed E-state index contributed by atoms with van der Waals surface area (Å²) in [6.45, 7) is 19.1. The summed E-state index contributed by atoms with van der Waals surface area (Å²) in [6, 6.07) is 53.4. The van der Waals surface area contributed by atoms with Gasteiger partial charge in [0.05, 0.1) is 24.2 Å². The van der Waals surface area contributed by atoms with Crippen molar-refractivity contribution in [1.29, 1.82) is 0 Å². The SMILES string of the molecule is CCCCCCCCCCc1ccc(P(c2ccc(CCCCCCCCCC)cc2)N(c2ccc([Si](CCCC)(CCCC)CCCC)c(C)c2)P(c2ccc(CCCCCCCCCC)cc2)c2ccc(CCCCCCCCCC)cc2)cc1. The summed E-state index contributed by atoms with van der Waals surface area (Å²) < 4.78 is 3.05. The van der Waals surface area contributed by atoms with Gasteiger partial charge in [-0.3, -0.25) is 0 Å². The fraction of sp³-hybridized carbons (Fsp3) is 0.639. The molecule has 0 spiro atoms. The molecule has 0 radical (unpaired) electrons. The smallest absolute Gasteiger partial charge is 0.0870 e. The van der Waals surface area contributed by atoms with Crippen LogP contribution < -0.4 is 30.8 Å². The van der Waals surface area contributed by atoms with E-state index < -0.39 is 24.2 Å². The fourth-order valence-corrected chi connectivity index (χ4v) is 25.7. The molecule has 0 aromatic heterocycles. The van der Waals surface area contributed by atoms with Crippen LogP contribution in [-0.4, -0.2) is 8.07 Å². The molecule has 0 aliphatic heterocycles. The zero-order valence-electron chi connectivity index (χ0n) is 58.1. The normalized spacial score (nSPS) is 11.9. The van der Waals surface area contributed by atoms with Gasteiger partial charge in [-0.25, -0.2) is 0 Å².